The summed E-state index contributed by atoms with van der Waals surface area (Å²) < 4.78 is 0. The minimum Gasteiger partial charge on any atom is -0.355 e. The maximum absolute atomic E-state index is 12.0. The third-order valence-electron chi connectivity index (χ3n) is 3.18. The van der Waals surface area contributed by atoms with Crippen molar-refractivity contribution in [2.75, 3.05) is 12.3 Å². The summed E-state index contributed by atoms with van der Waals surface area (Å²) in [4.78, 5) is 28.7. The van der Waals surface area contributed by atoms with Gasteiger partial charge in [-0.05, 0) is 18.1 Å². The Morgan fingerprint density at radius 2 is 2.32 bits per heavy atom. The summed E-state index contributed by atoms with van der Waals surface area (Å²) >= 11 is 7.11. The number of aromatic nitrogens is 1. The largest absolute Gasteiger partial charge is 0.355 e. The van der Waals surface area contributed by atoms with Crippen LogP contribution in [0.1, 0.15) is 25.3 Å². The van der Waals surface area contributed by atoms with E-state index in [1.54, 1.807) is 12.3 Å². The van der Waals surface area contributed by atoms with Gasteiger partial charge >= 0.3 is 5.70 Å². The average Bonchev–Trinajstić information content (AvgIpc) is 2.89. The summed E-state index contributed by atoms with van der Waals surface area (Å²) in [5, 5.41) is 12.2. The molecule has 118 valence electrons. The summed E-state index contributed by atoms with van der Waals surface area (Å²) in [6.07, 6.45) is 2.43. The first-order chi connectivity index (χ1) is 10.5. The molecule has 22 heavy (non-hydrogen) atoms. The Morgan fingerprint density at radius 1 is 1.55 bits per heavy atom. The molecule has 1 saturated heterocycles. The molecular weight excluding hydrogens is 326 g/mol. The van der Waals surface area contributed by atoms with Gasteiger partial charge in [0.15, 0.2) is 5.03 Å². The molecule has 0 N–H and O–H groups in total. The lowest BCUT2D eigenvalue weighted by Crippen LogP contribution is -2.23. The highest BCUT2D eigenvalue weighted by Crippen LogP contribution is 2.33. The van der Waals surface area contributed by atoms with Crippen LogP contribution in [0.5, 0.6) is 0 Å². The van der Waals surface area contributed by atoms with Crippen molar-refractivity contribution >= 4 is 29.1 Å². The van der Waals surface area contributed by atoms with E-state index in [4.69, 9.17) is 11.6 Å². The van der Waals surface area contributed by atoms with E-state index < -0.39 is 10.7 Å². The van der Waals surface area contributed by atoms with Gasteiger partial charge in [0.25, 0.3) is 0 Å². The van der Waals surface area contributed by atoms with Crippen LogP contribution in [0.2, 0.25) is 5.15 Å². The average molecular weight is 342 g/mol. The first kappa shape index (κ1) is 16.8. The monoisotopic (exact) mass is 341 g/mol. The highest BCUT2D eigenvalue weighted by atomic mass is 35.5. The molecule has 0 bridgehead atoms. The van der Waals surface area contributed by atoms with Crippen molar-refractivity contribution in [3.63, 3.8) is 0 Å². The predicted molar refractivity (Wildman–Crippen MR) is 86.1 cm³/mol. The number of carbonyl (C=O) groups is 1. The van der Waals surface area contributed by atoms with Crippen molar-refractivity contribution in [1.82, 2.24) is 9.88 Å². The van der Waals surface area contributed by atoms with E-state index >= 15 is 0 Å². The summed E-state index contributed by atoms with van der Waals surface area (Å²) in [6.45, 7) is 2.97. The molecule has 0 unspecified atom stereocenters. The maximum atomic E-state index is 12.0. The fourth-order valence-electron chi connectivity index (χ4n) is 2.18. The fraction of sp³-hybridized carbons (Fsp3) is 0.429. The van der Waals surface area contributed by atoms with Crippen LogP contribution < -0.4 is 0 Å². The number of pyridine rings is 1. The normalized spacial score (nSPS) is 16.7. The van der Waals surface area contributed by atoms with Gasteiger partial charge < -0.3 is 4.90 Å². The zero-order valence-corrected chi connectivity index (χ0v) is 13.7. The van der Waals surface area contributed by atoms with Gasteiger partial charge in [0, 0.05) is 31.5 Å². The van der Waals surface area contributed by atoms with Gasteiger partial charge in [0.05, 0.1) is 4.92 Å². The molecular formula is C14H16ClN3O3S. The SMILES string of the molecule is CCCC(=O)/C(=C1\SCCN1Cc1ccc(Cl)nc1)[N+](=O)[O-]. The van der Waals surface area contributed by atoms with E-state index in [9.17, 15) is 14.9 Å². The molecule has 8 heteroatoms. The molecule has 0 atom stereocenters. The zero-order valence-electron chi connectivity index (χ0n) is 12.1. The molecule has 0 saturated carbocycles. The Balaban J connectivity index is 2.26. The lowest BCUT2D eigenvalue weighted by Gasteiger charge is -2.18. The molecule has 1 aromatic heterocycles. The number of thioether (sulfide) groups is 1. The van der Waals surface area contributed by atoms with Crippen LogP contribution in [0.25, 0.3) is 0 Å². The van der Waals surface area contributed by atoms with E-state index in [0.29, 0.717) is 29.7 Å². The molecule has 1 fully saturated rings. The first-order valence-corrected chi connectivity index (χ1v) is 8.29. The quantitative estimate of drug-likeness (QED) is 0.342. The molecule has 0 radical (unpaired) electrons. The second-order valence-corrected chi connectivity index (χ2v) is 6.31. The Hall–Kier alpha value is -1.60. The number of carbonyl (C=O) groups excluding carboxylic acids is 1. The van der Waals surface area contributed by atoms with Crippen molar-refractivity contribution in [2.24, 2.45) is 0 Å². The van der Waals surface area contributed by atoms with Crippen LogP contribution in [0, 0.1) is 10.1 Å². The summed E-state index contributed by atoms with van der Waals surface area (Å²) in [7, 11) is 0. The van der Waals surface area contributed by atoms with E-state index in [-0.39, 0.29) is 12.1 Å². The van der Waals surface area contributed by atoms with Crippen molar-refractivity contribution in [2.45, 2.75) is 26.3 Å². The van der Waals surface area contributed by atoms with Crippen LogP contribution >= 0.6 is 23.4 Å². The Labute approximate surface area is 137 Å². The van der Waals surface area contributed by atoms with E-state index in [2.05, 4.69) is 4.98 Å². The lowest BCUT2D eigenvalue weighted by molar-refractivity contribution is -0.420. The van der Waals surface area contributed by atoms with Gasteiger partial charge in [0.2, 0.25) is 5.78 Å². The molecule has 2 rings (SSSR count). The molecule has 1 aromatic rings. The standard InChI is InChI=1S/C14H16ClN3O3S/c1-2-3-11(19)13(18(20)21)14-17(6-7-22-14)9-10-4-5-12(15)16-8-10/h4-5,8H,2-3,6-7,9H2,1H3/b14-13+. The predicted octanol–water partition coefficient (Wildman–Crippen LogP) is 3.10. The lowest BCUT2D eigenvalue weighted by atomic mass is 10.2. The fourth-order valence-corrected chi connectivity index (χ4v) is 3.46. The Morgan fingerprint density at radius 3 is 2.91 bits per heavy atom. The van der Waals surface area contributed by atoms with Gasteiger partial charge in [-0.3, -0.25) is 14.9 Å². The molecule has 0 aliphatic carbocycles. The topological polar surface area (TPSA) is 76.3 Å². The van der Waals surface area contributed by atoms with Gasteiger partial charge in [-0.2, -0.15) is 0 Å². The number of rotatable bonds is 6. The van der Waals surface area contributed by atoms with E-state index in [1.165, 1.54) is 11.8 Å². The molecule has 1 aliphatic rings. The molecule has 0 aromatic carbocycles. The van der Waals surface area contributed by atoms with Crippen molar-refractivity contribution < 1.29 is 9.72 Å². The highest BCUT2D eigenvalue weighted by Gasteiger charge is 2.33. The number of nitrogens with zero attached hydrogens (tertiary/aromatic N) is 3. The second-order valence-electron chi connectivity index (χ2n) is 4.84. The van der Waals surface area contributed by atoms with Gasteiger partial charge in [-0.1, -0.05) is 36.4 Å². The van der Waals surface area contributed by atoms with Crippen LogP contribution in [-0.4, -0.2) is 32.9 Å². The molecule has 0 spiro atoms. The smallest absolute Gasteiger partial charge is 0.341 e. The maximum Gasteiger partial charge on any atom is 0.341 e. The second kappa shape index (κ2) is 7.60. The summed E-state index contributed by atoms with van der Waals surface area (Å²) in [5.74, 6) is 0.323. The van der Waals surface area contributed by atoms with E-state index in [0.717, 1.165) is 11.3 Å². The summed E-state index contributed by atoms with van der Waals surface area (Å²) in [6, 6.07) is 3.51. The van der Waals surface area contributed by atoms with Crippen molar-refractivity contribution in [1.29, 1.82) is 0 Å². The molecule has 2 heterocycles. The minimum absolute atomic E-state index is 0.191. The number of hydrogen-bond donors (Lipinski definition) is 0. The molecule has 0 amide bonds. The Bertz CT molecular complexity index is 604. The highest BCUT2D eigenvalue weighted by molar-refractivity contribution is 8.03. The number of allylic oxidation sites excluding steroid dienone is 1. The third kappa shape index (κ3) is 3.98. The van der Waals surface area contributed by atoms with Crippen molar-refractivity contribution in [3.05, 3.63) is 49.9 Å². The zero-order chi connectivity index (χ0) is 16.1. The van der Waals surface area contributed by atoms with Crippen LogP contribution in [0.3, 0.4) is 0 Å². The Kier molecular flexibility index (Phi) is 5.79. The number of ketones is 1. The van der Waals surface area contributed by atoms with Gasteiger partial charge in [-0.15, -0.1) is 0 Å². The number of Topliss-reactive ketones (excluding diaryl/α,β-unsaturated/α-hetero) is 1. The van der Waals surface area contributed by atoms with E-state index in [1.807, 2.05) is 17.9 Å². The first-order valence-electron chi connectivity index (χ1n) is 6.93. The van der Waals surface area contributed by atoms with Crippen LogP contribution in [0.15, 0.2) is 29.1 Å². The number of halogens is 1. The minimum atomic E-state index is -0.557. The van der Waals surface area contributed by atoms with Crippen LogP contribution in [-0.2, 0) is 11.3 Å². The van der Waals surface area contributed by atoms with Gasteiger partial charge in [-0.25, -0.2) is 4.98 Å². The molecule has 6 nitrogen and oxygen atoms in total. The number of nitro groups is 1. The van der Waals surface area contributed by atoms with Crippen molar-refractivity contribution in [3.8, 4) is 0 Å². The molecule has 1 aliphatic heterocycles. The van der Waals surface area contributed by atoms with Gasteiger partial charge in [0.1, 0.15) is 5.15 Å². The summed E-state index contributed by atoms with van der Waals surface area (Å²) in [5.41, 5.74) is 0.612. The third-order valence-corrected chi connectivity index (χ3v) is 4.51. The number of hydrogen-bond acceptors (Lipinski definition) is 6. The van der Waals surface area contributed by atoms with Crippen LogP contribution in [0.4, 0.5) is 0 Å².